The van der Waals surface area contributed by atoms with Crippen molar-refractivity contribution in [3.05, 3.63) is 87.7 Å². The van der Waals surface area contributed by atoms with Gasteiger partial charge in [-0.15, -0.1) is 0 Å². The molecule has 3 aromatic rings. The summed E-state index contributed by atoms with van der Waals surface area (Å²) in [4.78, 5) is 8.46. The number of hydrogen-bond acceptors (Lipinski definition) is 3. The lowest BCUT2D eigenvalue weighted by atomic mass is 10.00. The second kappa shape index (κ2) is 7.69. The van der Waals surface area contributed by atoms with E-state index >= 15 is 0 Å². The summed E-state index contributed by atoms with van der Waals surface area (Å²) in [5, 5.41) is 0.689. The number of benzene rings is 2. The zero-order valence-corrected chi connectivity index (χ0v) is 16.3. The van der Waals surface area contributed by atoms with Gasteiger partial charge in [-0.2, -0.15) is 13.2 Å². The molecule has 2 aromatic carbocycles. The summed E-state index contributed by atoms with van der Waals surface area (Å²) in [7, 11) is 0. The van der Waals surface area contributed by atoms with Gasteiger partial charge in [0.15, 0.2) is 0 Å². The molecule has 0 N–H and O–H groups in total. The predicted octanol–water partition coefficient (Wildman–Crippen LogP) is 6.59. The van der Waals surface area contributed by atoms with E-state index in [1.165, 1.54) is 18.5 Å². The molecule has 1 aliphatic rings. The van der Waals surface area contributed by atoms with E-state index in [9.17, 15) is 13.2 Å². The molecule has 3 nitrogen and oxygen atoms in total. The minimum atomic E-state index is -4.38. The van der Waals surface area contributed by atoms with Gasteiger partial charge >= 0.3 is 6.18 Å². The lowest BCUT2D eigenvalue weighted by Gasteiger charge is -2.10. The van der Waals surface area contributed by atoms with E-state index in [2.05, 4.69) is 9.98 Å². The third-order valence-corrected chi connectivity index (χ3v) is 5.11. The Labute approximate surface area is 174 Å². The number of nitrogens with zero attached hydrogens (tertiary/aromatic N) is 2. The number of rotatable bonds is 3. The van der Waals surface area contributed by atoms with Crippen LogP contribution < -0.4 is 0 Å². The van der Waals surface area contributed by atoms with Crippen LogP contribution in [0.1, 0.15) is 22.7 Å². The molecule has 8 heteroatoms. The molecule has 0 amide bonds. The molecule has 1 unspecified atom stereocenters. The maximum atomic E-state index is 12.9. The lowest BCUT2D eigenvalue weighted by molar-refractivity contribution is -0.137. The van der Waals surface area contributed by atoms with E-state index in [-0.39, 0.29) is 6.04 Å². The highest BCUT2D eigenvalue weighted by molar-refractivity contribution is 6.39. The van der Waals surface area contributed by atoms with E-state index < -0.39 is 11.7 Å². The summed E-state index contributed by atoms with van der Waals surface area (Å²) in [5.74, 6) is 0.342. The Morgan fingerprint density at radius 3 is 2.28 bits per heavy atom. The molecule has 1 aromatic heterocycles. The topological polar surface area (TPSA) is 34.5 Å². The van der Waals surface area contributed by atoms with Crippen LogP contribution in [-0.2, 0) is 10.9 Å². The largest absolute Gasteiger partial charge is 0.475 e. The third-order valence-electron chi connectivity index (χ3n) is 4.54. The normalized spacial score (nSPS) is 16.4. The number of aromatic nitrogens is 1. The predicted molar refractivity (Wildman–Crippen MR) is 106 cm³/mol. The van der Waals surface area contributed by atoms with Gasteiger partial charge in [0, 0.05) is 12.4 Å². The van der Waals surface area contributed by atoms with Crippen LogP contribution >= 0.6 is 23.2 Å². The molecule has 0 aliphatic carbocycles. The van der Waals surface area contributed by atoms with Gasteiger partial charge in [-0.25, -0.2) is 4.99 Å². The first kappa shape index (κ1) is 19.7. The van der Waals surface area contributed by atoms with Crippen molar-refractivity contribution < 1.29 is 17.9 Å². The quantitative estimate of drug-likeness (QED) is 0.463. The van der Waals surface area contributed by atoms with Crippen molar-refractivity contribution in [1.29, 1.82) is 0 Å². The molecular weight excluding hydrogens is 424 g/mol. The highest BCUT2D eigenvalue weighted by Crippen LogP contribution is 2.34. The number of ether oxygens (including phenoxy) is 1. The van der Waals surface area contributed by atoms with Crippen LogP contribution in [0.4, 0.5) is 13.2 Å². The smallest absolute Gasteiger partial charge is 0.416 e. The van der Waals surface area contributed by atoms with E-state index in [1.54, 1.807) is 18.2 Å². The summed E-state index contributed by atoms with van der Waals surface area (Å²) in [6.07, 6.45) is -1.45. The number of pyridine rings is 1. The summed E-state index contributed by atoms with van der Waals surface area (Å²) in [5.41, 5.74) is 1.86. The molecule has 2 heterocycles. The summed E-state index contributed by atoms with van der Waals surface area (Å²) in [6, 6.07) is 12.2. The first-order valence-electron chi connectivity index (χ1n) is 8.60. The van der Waals surface area contributed by atoms with E-state index in [1.807, 2.05) is 12.1 Å². The standard InChI is InChI=1S/C21H13Cl2F3N2O/c22-16-9-27-10-17(23)19(16)20-28-18(11-29-20)13-6-4-12(5-7-13)14-2-1-3-15(8-14)21(24,25)26/h1-10,18H,11H2. The van der Waals surface area contributed by atoms with Crippen molar-refractivity contribution in [1.82, 2.24) is 4.98 Å². The Balaban J connectivity index is 1.59. The molecule has 1 atom stereocenters. The molecule has 0 saturated heterocycles. The SMILES string of the molecule is FC(F)(F)c1cccc(-c2ccc(C3COC(c4c(Cl)cncc4Cl)=N3)cc2)c1. The van der Waals surface area contributed by atoms with E-state index in [4.69, 9.17) is 27.9 Å². The van der Waals surface area contributed by atoms with Crippen LogP contribution in [0.5, 0.6) is 0 Å². The van der Waals surface area contributed by atoms with Gasteiger partial charge in [0.1, 0.15) is 12.6 Å². The number of halogens is 5. The zero-order chi connectivity index (χ0) is 20.6. The molecule has 0 spiro atoms. The molecule has 29 heavy (non-hydrogen) atoms. The molecule has 0 fully saturated rings. The van der Waals surface area contributed by atoms with Gasteiger partial charge in [-0.3, -0.25) is 4.98 Å². The number of hydrogen-bond donors (Lipinski definition) is 0. The Morgan fingerprint density at radius 1 is 0.931 bits per heavy atom. The number of alkyl halides is 3. The molecule has 4 rings (SSSR count). The first-order valence-corrected chi connectivity index (χ1v) is 9.36. The van der Waals surface area contributed by atoms with Crippen molar-refractivity contribution in [2.75, 3.05) is 6.61 Å². The molecule has 148 valence electrons. The van der Waals surface area contributed by atoms with Crippen molar-refractivity contribution in [2.45, 2.75) is 12.2 Å². The van der Waals surface area contributed by atoms with Crippen LogP contribution in [0.15, 0.2) is 65.9 Å². The second-order valence-corrected chi connectivity index (χ2v) is 7.25. The molecule has 0 bridgehead atoms. The summed E-state index contributed by atoms with van der Waals surface area (Å²) >= 11 is 12.3. The molecule has 0 saturated carbocycles. The first-order chi connectivity index (χ1) is 13.8. The average Bonchev–Trinajstić information content (AvgIpc) is 3.17. The van der Waals surface area contributed by atoms with Crippen molar-refractivity contribution in [3.8, 4) is 11.1 Å². The monoisotopic (exact) mass is 436 g/mol. The van der Waals surface area contributed by atoms with Crippen molar-refractivity contribution in [2.24, 2.45) is 4.99 Å². The highest BCUT2D eigenvalue weighted by Gasteiger charge is 2.30. The van der Waals surface area contributed by atoms with E-state index in [0.29, 0.717) is 39.2 Å². The average molecular weight is 437 g/mol. The molecule has 0 radical (unpaired) electrons. The maximum absolute atomic E-state index is 12.9. The van der Waals surface area contributed by atoms with Crippen LogP contribution in [0, 0.1) is 0 Å². The molecular formula is C21H13Cl2F3N2O. The summed E-state index contributed by atoms with van der Waals surface area (Å²) in [6.45, 7) is 0.313. The van der Waals surface area contributed by atoms with Crippen molar-refractivity contribution >= 4 is 29.1 Å². The molecule has 1 aliphatic heterocycles. The van der Waals surface area contributed by atoms with Gasteiger partial charge < -0.3 is 4.74 Å². The van der Waals surface area contributed by atoms with Crippen LogP contribution in [0.3, 0.4) is 0 Å². The van der Waals surface area contributed by atoms with Crippen LogP contribution in [0.2, 0.25) is 10.0 Å². The Morgan fingerprint density at radius 2 is 1.62 bits per heavy atom. The Hall–Kier alpha value is -2.57. The second-order valence-electron chi connectivity index (χ2n) is 6.44. The minimum Gasteiger partial charge on any atom is -0.475 e. The highest BCUT2D eigenvalue weighted by atomic mass is 35.5. The minimum absolute atomic E-state index is 0.263. The van der Waals surface area contributed by atoms with Crippen LogP contribution in [0.25, 0.3) is 11.1 Å². The zero-order valence-electron chi connectivity index (χ0n) is 14.8. The van der Waals surface area contributed by atoms with Gasteiger partial charge in [-0.05, 0) is 28.8 Å². The number of aliphatic imine (C=N–C) groups is 1. The van der Waals surface area contributed by atoms with Gasteiger partial charge in [0.25, 0.3) is 0 Å². The van der Waals surface area contributed by atoms with Crippen LogP contribution in [-0.4, -0.2) is 17.5 Å². The fourth-order valence-corrected chi connectivity index (χ4v) is 3.60. The Bertz CT molecular complexity index is 1060. The maximum Gasteiger partial charge on any atom is 0.416 e. The third kappa shape index (κ3) is 4.09. The van der Waals surface area contributed by atoms with Gasteiger partial charge in [-0.1, -0.05) is 59.6 Å². The van der Waals surface area contributed by atoms with Crippen molar-refractivity contribution in [3.63, 3.8) is 0 Å². The van der Waals surface area contributed by atoms with Gasteiger partial charge in [0.2, 0.25) is 5.90 Å². The van der Waals surface area contributed by atoms with Gasteiger partial charge in [0.05, 0.1) is 21.2 Å². The fourth-order valence-electron chi connectivity index (χ4n) is 3.07. The Kier molecular flexibility index (Phi) is 5.23. The fraction of sp³-hybridized carbons (Fsp3) is 0.143. The summed E-state index contributed by atoms with van der Waals surface area (Å²) < 4.78 is 44.5. The van der Waals surface area contributed by atoms with E-state index in [0.717, 1.165) is 17.7 Å². The lowest BCUT2D eigenvalue weighted by Crippen LogP contribution is -2.04.